The fourth-order valence-corrected chi connectivity index (χ4v) is 1.50. The first-order valence-corrected chi connectivity index (χ1v) is 5.57. The summed E-state index contributed by atoms with van der Waals surface area (Å²) in [6, 6.07) is 2.76. The van der Waals surface area contributed by atoms with E-state index in [0.29, 0.717) is 0 Å². The molecule has 19 heavy (non-hydrogen) atoms. The second-order valence-corrected chi connectivity index (χ2v) is 4.05. The molecule has 0 radical (unpaired) electrons. The Morgan fingerprint density at radius 2 is 2.11 bits per heavy atom. The Kier molecular flexibility index (Phi) is 4.82. The van der Waals surface area contributed by atoms with Gasteiger partial charge in [-0.1, -0.05) is 11.6 Å². The summed E-state index contributed by atoms with van der Waals surface area (Å²) in [6.45, 7) is 1.44. The van der Waals surface area contributed by atoms with Crippen LogP contribution >= 0.6 is 11.6 Å². The Balaban J connectivity index is 2.92. The first-order valence-electron chi connectivity index (χ1n) is 5.19. The molecule has 0 heterocycles. The predicted octanol–water partition coefficient (Wildman–Crippen LogP) is 1.54. The minimum atomic E-state index is -0.854. The van der Waals surface area contributed by atoms with Crippen molar-refractivity contribution in [1.29, 1.82) is 0 Å². The van der Waals surface area contributed by atoms with Gasteiger partial charge in [-0.2, -0.15) is 0 Å². The molecule has 0 fully saturated rings. The van der Waals surface area contributed by atoms with Crippen molar-refractivity contribution in [3.05, 3.63) is 38.9 Å². The zero-order chi connectivity index (χ0) is 14.6. The van der Waals surface area contributed by atoms with Gasteiger partial charge in [0.25, 0.3) is 11.6 Å². The molecule has 8 heteroatoms. The molecule has 0 aliphatic carbocycles. The summed E-state index contributed by atoms with van der Waals surface area (Å²) in [5.74, 6) is -1.24. The third kappa shape index (κ3) is 3.65. The summed E-state index contributed by atoms with van der Waals surface area (Å²) in [7, 11) is 1.19. The Labute approximate surface area is 113 Å². The van der Waals surface area contributed by atoms with Gasteiger partial charge in [-0.3, -0.25) is 14.9 Å². The summed E-state index contributed by atoms with van der Waals surface area (Å²) < 4.78 is 4.45. The minimum Gasteiger partial charge on any atom is -0.467 e. The number of esters is 1. The highest BCUT2D eigenvalue weighted by Gasteiger charge is 2.20. The number of hydrogen-bond acceptors (Lipinski definition) is 5. The van der Waals surface area contributed by atoms with Crippen LogP contribution in [0.15, 0.2) is 18.2 Å². The third-order valence-electron chi connectivity index (χ3n) is 2.31. The van der Waals surface area contributed by atoms with Gasteiger partial charge < -0.3 is 10.1 Å². The quantitative estimate of drug-likeness (QED) is 0.514. The molecule has 7 nitrogen and oxygen atoms in total. The van der Waals surface area contributed by atoms with E-state index < -0.39 is 22.8 Å². The van der Waals surface area contributed by atoms with Crippen LogP contribution in [0.4, 0.5) is 5.69 Å². The van der Waals surface area contributed by atoms with Crippen LogP contribution in [0.5, 0.6) is 0 Å². The molecule has 1 aromatic carbocycles. The zero-order valence-corrected chi connectivity index (χ0v) is 10.9. The van der Waals surface area contributed by atoms with E-state index in [1.165, 1.54) is 26.2 Å². The minimum absolute atomic E-state index is 0.0341. The summed E-state index contributed by atoms with van der Waals surface area (Å²) in [5, 5.41) is 13.0. The number of benzene rings is 1. The molecular weight excluding hydrogens is 276 g/mol. The lowest BCUT2D eigenvalue weighted by molar-refractivity contribution is -0.384. The Hall–Kier alpha value is -2.15. The van der Waals surface area contributed by atoms with Gasteiger partial charge in [0, 0.05) is 11.6 Å². The molecular formula is C11H11ClN2O5. The van der Waals surface area contributed by atoms with Crippen molar-refractivity contribution in [2.45, 2.75) is 13.0 Å². The van der Waals surface area contributed by atoms with Crippen molar-refractivity contribution >= 4 is 29.2 Å². The molecule has 0 saturated heterocycles. The van der Waals surface area contributed by atoms with E-state index in [1.807, 2.05) is 0 Å². The van der Waals surface area contributed by atoms with Crippen molar-refractivity contribution < 1.29 is 19.2 Å². The average Bonchev–Trinajstić information content (AvgIpc) is 2.37. The van der Waals surface area contributed by atoms with Crippen LogP contribution in [0.1, 0.15) is 17.3 Å². The molecule has 0 aliphatic heterocycles. The fraction of sp³-hybridized carbons (Fsp3) is 0.273. The number of halogens is 1. The molecule has 1 amide bonds. The summed E-state index contributed by atoms with van der Waals surface area (Å²) in [6.07, 6.45) is 0. The number of nitro benzene ring substituents is 1. The standard InChI is InChI=1S/C11H11ClN2O5/c1-6(11(16)19-2)13-10(15)7-3-4-8(12)9(5-7)14(17)18/h3-6H,1-2H3,(H,13,15). The Bertz CT molecular complexity index is 532. The van der Waals surface area contributed by atoms with Gasteiger partial charge >= 0.3 is 5.97 Å². The number of rotatable bonds is 4. The number of nitrogens with zero attached hydrogens (tertiary/aromatic N) is 1. The van der Waals surface area contributed by atoms with Crippen molar-refractivity contribution in [2.24, 2.45) is 0 Å². The topological polar surface area (TPSA) is 98.5 Å². The lowest BCUT2D eigenvalue weighted by atomic mass is 10.1. The molecule has 1 N–H and O–H groups in total. The van der Waals surface area contributed by atoms with Gasteiger partial charge in [0.1, 0.15) is 11.1 Å². The fourth-order valence-electron chi connectivity index (χ4n) is 1.31. The third-order valence-corrected chi connectivity index (χ3v) is 2.63. The maximum atomic E-state index is 11.8. The molecule has 1 rings (SSSR count). The van der Waals surface area contributed by atoms with E-state index in [2.05, 4.69) is 10.1 Å². The van der Waals surface area contributed by atoms with Crippen molar-refractivity contribution in [3.63, 3.8) is 0 Å². The Morgan fingerprint density at radius 3 is 2.63 bits per heavy atom. The van der Waals surface area contributed by atoms with Crippen LogP contribution in [0.2, 0.25) is 5.02 Å². The molecule has 0 aliphatic rings. The highest BCUT2D eigenvalue weighted by atomic mass is 35.5. The first kappa shape index (κ1) is 14.9. The van der Waals surface area contributed by atoms with Gasteiger partial charge in [-0.25, -0.2) is 4.79 Å². The lowest BCUT2D eigenvalue weighted by Gasteiger charge is -2.11. The van der Waals surface area contributed by atoms with Crippen LogP contribution in [0, 0.1) is 10.1 Å². The predicted molar refractivity (Wildman–Crippen MR) is 67.1 cm³/mol. The molecule has 1 aromatic rings. The second kappa shape index (κ2) is 6.14. The molecule has 1 atom stereocenters. The maximum absolute atomic E-state index is 11.8. The van der Waals surface area contributed by atoms with Gasteiger partial charge in [0.2, 0.25) is 0 Å². The number of carbonyl (C=O) groups excluding carboxylic acids is 2. The number of nitro groups is 1. The molecule has 0 aromatic heterocycles. The van der Waals surface area contributed by atoms with E-state index in [-0.39, 0.29) is 16.3 Å². The number of carbonyl (C=O) groups is 2. The highest BCUT2D eigenvalue weighted by Crippen LogP contribution is 2.24. The first-order chi connectivity index (χ1) is 8.86. The van der Waals surface area contributed by atoms with E-state index in [4.69, 9.17) is 11.6 Å². The summed E-state index contributed by atoms with van der Waals surface area (Å²) in [4.78, 5) is 32.9. The molecule has 102 valence electrons. The number of hydrogen-bond donors (Lipinski definition) is 1. The van der Waals surface area contributed by atoms with E-state index in [0.717, 1.165) is 6.07 Å². The summed E-state index contributed by atoms with van der Waals surface area (Å²) in [5.41, 5.74) is -0.341. The monoisotopic (exact) mass is 286 g/mol. The average molecular weight is 287 g/mol. The normalized spacial score (nSPS) is 11.5. The van der Waals surface area contributed by atoms with E-state index in [9.17, 15) is 19.7 Å². The van der Waals surface area contributed by atoms with Gasteiger partial charge in [0.15, 0.2) is 0 Å². The van der Waals surface area contributed by atoms with E-state index >= 15 is 0 Å². The number of ether oxygens (including phenoxy) is 1. The van der Waals surface area contributed by atoms with Gasteiger partial charge in [0.05, 0.1) is 12.0 Å². The molecule has 0 saturated carbocycles. The van der Waals surface area contributed by atoms with E-state index in [1.54, 1.807) is 0 Å². The van der Waals surface area contributed by atoms with Crippen molar-refractivity contribution in [2.75, 3.05) is 7.11 Å². The zero-order valence-electron chi connectivity index (χ0n) is 10.2. The lowest BCUT2D eigenvalue weighted by Crippen LogP contribution is -2.39. The van der Waals surface area contributed by atoms with Gasteiger partial charge in [-0.15, -0.1) is 0 Å². The largest absolute Gasteiger partial charge is 0.467 e. The van der Waals surface area contributed by atoms with Crippen LogP contribution in [-0.4, -0.2) is 30.0 Å². The van der Waals surface area contributed by atoms with Crippen LogP contribution in [0.3, 0.4) is 0 Å². The molecule has 1 unspecified atom stereocenters. The maximum Gasteiger partial charge on any atom is 0.328 e. The van der Waals surface area contributed by atoms with Crippen LogP contribution in [-0.2, 0) is 9.53 Å². The van der Waals surface area contributed by atoms with Crippen LogP contribution in [0.25, 0.3) is 0 Å². The number of nitrogens with one attached hydrogen (secondary N) is 1. The van der Waals surface area contributed by atoms with Crippen LogP contribution < -0.4 is 5.32 Å². The SMILES string of the molecule is COC(=O)C(C)NC(=O)c1ccc(Cl)c([N+](=O)[O-])c1. The smallest absolute Gasteiger partial charge is 0.328 e. The van der Waals surface area contributed by atoms with Crippen molar-refractivity contribution in [1.82, 2.24) is 5.32 Å². The summed E-state index contributed by atoms with van der Waals surface area (Å²) >= 11 is 5.63. The number of amides is 1. The Morgan fingerprint density at radius 1 is 1.47 bits per heavy atom. The highest BCUT2D eigenvalue weighted by molar-refractivity contribution is 6.32. The second-order valence-electron chi connectivity index (χ2n) is 3.64. The molecule has 0 bridgehead atoms. The number of methoxy groups -OCH3 is 1. The molecule has 0 spiro atoms. The van der Waals surface area contributed by atoms with Crippen molar-refractivity contribution in [3.8, 4) is 0 Å². The van der Waals surface area contributed by atoms with Gasteiger partial charge in [-0.05, 0) is 19.1 Å².